The third kappa shape index (κ3) is 6.27. The Bertz CT molecular complexity index is 208. The molecule has 1 N–H and O–H groups in total. The van der Waals surface area contributed by atoms with Gasteiger partial charge in [0.05, 0.1) is 19.1 Å². The summed E-state index contributed by atoms with van der Waals surface area (Å²) in [5.74, 6) is 0. The summed E-state index contributed by atoms with van der Waals surface area (Å²) in [6.07, 6.45) is 1.39. The lowest BCUT2D eigenvalue weighted by Gasteiger charge is -2.29. The highest BCUT2D eigenvalue weighted by Crippen LogP contribution is 2.23. The molecule has 0 saturated heterocycles. The van der Waals surface area contributed by atoms with E-state index in [0.717, 1.165) is 32.1 Å². The van der Waals surface area contributed by atoms with Gasteiger partial charge in [-0.15, -0.1) is 0 Å². The molecule has 0 heterocycles. The molecule has 0 spiro atoms. The van der Waals surface area contributed by atoms with E-state index in [0.29, 0.717) is 0 Å². The Hall–Kier alpha value is -0.290. The first kappa shape index (κ1) is 14.8. The molecule has 0 aliphatic heterocycles. The molecular weight excluding hydrogens is 231 g/mol. The second-order valence-electron chi connectivity index (χ2n) is 4.66. The molecule has 1 rings (SSSR count). The summed E-state index contributed by atoms with van der Waals surface area (Å²) in [7, 11) is 1.85. The summed E-state index contributed by atoms with van der Waals surface area (Å²) in [5.41, 5.74) is 0. The minimum absolute atomic E-state index is 0.0670. The van der Waals surface area contributed by atoms with Crippen LogP contribution in [-0.4, -0.2) is 32.0 Å². The number of hydrogen-bond acceptors (Lipinski definition) is 2. The van der Waals surface area contributed by atoms with Crippen LogP contribution in [0.15, 0.2) is 0 Å². The monoisotopic (exact) mass is 253 g/mol. The van der Waals surface area contributed by atoms with Gasteiger partial charge in [0, 0.05) is 6.04 Å². The highest BCUT2D eigenvalue weighted by atomic mass is 19.4. The molecule has 2 atom stereocenters. The Kier molecular flexibility index (Phi) is 6.27. The van der Waals surface area contributed by atoms with E-state index in [1.807, 2.05) is 7.05 Å². The van der Waals surface area contributed by atoms with Crippen molar-refractivity contribution in [2.24, 2.45) is 0 Å². The number of hydrogen-bond donors (Lipinski definition) is 1. The minimum atomic E-state index is -4.11. The van der Waals surface area contributed by atoms with Crippen LogP contribution in [0.4, 0.5) is 13.2 Å². The Morgan fingerprint density at radius 3 is 2.35 bits per heavy atom. The van der Waals surface area contributed by atoms with E-state index >= 15 is 0 Å². The fourth-order valence-corrected chi connectivity index (χ4v) is 2.31. The molecule has 0 amide bonds. The van der Waals surface area contributed by atoms with Crippen LogP contribution in [0.3, 0.4) is 0 Å². The zero-order chi connectivity index (χ0) is 12.7. The molecule has 0 bridgehead atoms. The fourth-order valence-electron chi connectivity index (χ4n) is 2.31. The third-order valence-electron chi connectivity index (χ3n) is 3.29. The van der Waals surface area contributed by atoms with E-state index in [9.17, 15) is 13.2 Å². The Balaban J connectivity index is 2.35. The van der Waals surface area contributed by atoms with Crippen LogP contribution in [0.2, 0.25) is 0 Å². The molecule has 1 fully saturated rings. The van der Waals surface area contributed by atoms with E-state index in [1.165, 1.54) is 6.42 Å². The lowest BCUT2D eigenvalue weighted by atomic mass is 9.94. The second-order valence-corrected chi connectivity index (χ2v) is 4.66. The van der Waals surface area contributed by atoms with Crippen molar-refractivity contribution in [1.82, 2.24) is 5.32 Å². The van der Waals surface area contributed by atoms with Crippen molar-refractivity contribution in [1.29, 1.82) is 0 Å². The quantitative estimate of drug-likeness (QED) is 0.830. The van der Waals surface area contributed by atoms with E-state index in [1.54, 1.807) is 0 Å². The maximum atomic E-state index is 12.0. The summed E-state index contributed by atoms with van der Waals surface area (Å²) in [4.78, 5) is 0. The predicted molar refractivity (Wildman–Crippen MR) is 61.0 cm³/mol. The molecule has 1 saturated carbocycles. The maximum absolute atomic E-state index is 12.0. The molecule has 2 unspecified atom stereocenters. The van der Waals surface area contributed by atoms with Crippen molar-refractivity contribution in [3.05, 3.63) is 0 Å². The van der Waals surface area contributed by atoms with Crippen molar-refractivity contribution < 1.29 is 17.9 Å². The van der Waals surface area contributed by atoms with Gasteiger partial charge in [-0.25, -0.2) is 0 Å². The third-order valence-corrected chi connectivity index (χ3v) is 3.29. The van der Waals surface area contributed by atoms with Gasteiger partial charge in [0.15, 0.2) is 0 Å². The van der Waals surface area contributed by atoms with Gasteiger partial charge in [0.25, 0.3) is 0 Å². The fraction of sp³-hybridized carbons (Fsp3) is 1.00. The topological polar surface area (TPSA) is 21.3 Å². The van der Waals surface area contributed by atoms with E-state index in [4.69, 9.17) is 4.74 Å². The molecule has 2 nitrogen and oxygen atoms in total. The number of nitrogens with one attached hydrogen (secondary N) is 1. The van der Waals surface area contributed by atoms with Gasteiger partial charge in [-0.3, -0.25) is 0 Å². The van der Waals surface area contributed by atoms with Crippen LogP contribution in [-0.2, 0) is 4.74 Å². The zero-order valence-corrected chi connectivity index (χ0v) is 10.4. The average molecular weight is 253 g/mol. The van der Waals surface area contributed by atoms with Crippen molar-refractivity contribution in [3.8, 4) is 0 Å². The highest BCUT2D eigenvalue weighted by molar-refractivity contribution is 4.78. The average Bonchev–Trinajstić information content (AvgIpc) is 2.20. The largest absolute Gasteiger partial charge is 0.391 e. The lowest BCUT2D eigenvalue weighted by molar-refractivity contribution is -0.150. The molecular formula is C12H22F3NO. The van der Waals surface area contributed by atoms with Crippen molar-refractivity contribution in [2.45, 2.75) is 63.3 Å². The van der Waals surface area contributed by atoms with Crippen molar-refractivity contribution in [3.63, 3.8) is 0 Å². The first-order valence-corrected chi connectivity index (χ1v) is 6.38. The van der Waals surface area contributed by atoms with Gasteiger partial charge in [-0.2, -0.15) is 13.2 Å². The summed E-state index contributed by atoms with van der Waals surface area (Å²) in [6.45, 7) is -0.216. The smallest absolute Gasteiger partial charge is 0.376 e. The molecule has 5 heteroatoms. The van der Waals surface area contributed by atoms with E-state index < -0.39 is 12.6 Å². The van der Waals surface area contributed by atoms with Gasteiger partial charge >= 0.3 is 6.18 Å². The normalized spacial score (nSPS) is 27.5. The van der Waals surface area contributed by atoms with Gasteiger partial charge in [-0.05, 0) is 19.9 Å². The van der Waals surface area contributed by atoms with Crippen LogP contribution < -0.4 is 5.32 Å². The molecule has 0 aromatic heterocycles. The molecule has 17 heavy (non-hydrogen) atoms. The first-order chi connectivity index (χ1) is 8.03. The van der Waals surface area contributed by atoms with Gasteiger partial charge < -0.3 is 10.1 Å². The molecule has 0 aromatic rings. The first-order valence-electron chi connectivity index (χ1n) is 6.38. The number of likely N-dealkylation sites (N-methyl/N-ethyl adjacent to an activating group) is 1. The Morgan fingerprint density at radius 2 is 1.76 bits per heavy atom. The number of ether oxygens (including phenoxy) is 1. The van der Waals surface area contributed by atoms with Crippen molar-refractivity contribution >= 4 is 0 Å². The van der Waals surface area contributed by atoms with Gasteiger partial charge in [-0.1, -0.05) is 25.7 Å². The summed E-state index contributed by atoms with van der Waals surface area (Å²) in [6, 6.07) is 0.198. The summed E-state index contributed by atoms with van der Waals surface area (Å²) < 4.78 is 41.5. The van der Waals surface area contributed by atoms with Crippen LogP contribution in [0.25, 0.3) is 0 Å². The van der Waals surface area contributed by atoms with Gasteiger partial charge in [0.2, 0.25) is 0 Å². The predicted octanol–water partition coefficient (Wildman–Crippen LogP) is 3.27. The number of alkyl halides is 3. The number of halogens is 3. The zero-order valence-electron chi connectivity index (χ0n) is 10.4. The van der Waals surface area contributed by atoms with Crippen molar-refractivity contribution in [2.75, 3.05) is 13.7 Å². The standard InChI is InChI=1S/C12H22F3NO/c1-16-10-6-4-2-3-5-7-11(10)17-9-8-12(13,14)15/h10-11,16H,2-9H2,1H3. The Morgan fingerprint density at radius 1 is 1.12 bits per heavy atom. The molecule has 0 radical (unpaired) electrons. The second kappa shape index (κ2) is 7.21. The lowest BCUT2D eigenvalue weighted by Crippen LogP contribution is -2.40. The maximum Gasteiger partial charge on any atom is 0.391 e. The molecule has 1 aliphatic carbocycles. The van der Waals surface area contributed by atoms with Crippen LogP contribution in [0.1, 0.15) is 44.9 Å². The SMILES string of the molecule is CNC1CCCCCCC1OCCC(F)(F)F. The van der Waals surface area contributed by atoms with E-state index in [2.05, 4.69) is 5.32 Å². The molecule has 102 valence electrons. The van der Waals surface area contributed by atoms with Crippen LogP contribution in [0, 0.1) is 0 Å². The highest BCUT2D eigenvalue weighted by Gasteiger charge is 2.28. The molecule has 1 aliphatic rings. The van der Waals surface area contributed by atoms with Crippen LogP contribution >= 0.6 is 0 Å². The summed E-state index contributed by atoms with van der Waals surface area (Å²) in [5, 5.41) is 3.16. The number of rotatable bonds is 4. The minimum Gasteiger partial charge on any atom is -0.376 e. The molecule has 0 aromatic carbocycles. The Labute approximate surface area is 101 Å². The van der Waals surface area contributed by atoms with Crippen LogP contribution in [0.5, 0.6) is 0 Å². The summed E-state index contributed by atoms with van der Waals surface area (Å²) >= 11 is 0. The van der Waals surface area contributed by atoms with Gasteiger partial charge in [0.1, 0.15) is 0 Å². The van der Waals surface area contributed by atoms with E-state index in [-0.39, 0.29) is 18.8 Å².